The lowest BCUT2D eigenvalue weighted by Crippen LogP contribution is -2.09. The number of aryl methyl sites for hydroxylation is 2. The summed E-state index contributed by atoms with van der Waals surface area (Å²) in [5.74, 6) is 0.441. The van der Waals surface area contributed by atoms with Crippen LogP contribution in [-0.2, 0) is 17.8 Å². The summed E-state index contributed by atoms with van der Waals surface area (Å²) in [7, 11) is 0. The Labute approximate surface area is 219 Å². The first-order valence-electron chi connectivity index (χ1n) is 12.3. The molecule has 0 aliphatic rings. The van der Waals surface area contributed by atoms with Crippen LogP contribution in [0.2, 0.25) is 0 Å². The molecule has 0 radical (unpaired) electrons. The third-order valence-electron chi connectivity index (χ3n) is 6.53. The van der Waals surface area contributed by atoms with Gasteiger partial charge < -0.3 is 19.6 Å². The number of rotatable bonds is 9. The molecule has 7 nitrogen and oxygen atoms in total. The summed E-state index contributed by atoms with van der Waals surface area (Å²) in [6.07, 6.45) is 1.32. The highest BCUT2D eigenvalue weighted by molar-refractivity contribution is 6.15. The van der Waals surface area contributed by atoms with Gasteiger partial charge in [0.2, 0.25) is 0 Å². The fraction of sp³-hybridized carbons (Fsp3) is 0.241. The maximum absolute atomic E-state index is 12.9. The zero-order valence-electron chi connectivity index (χ0n) is 20.8. The number of halogens is 1. The van der Waals surface area contributed by atoms with E-state index in [-0.39, 0.29) is 13.2 Å². The monoisotopic (exact) mass is 517 g/mol. The van der Waals surface area contributed by atoms with E-state index in [0.29, 0.717) is 36.5 Å². The van der Waals surface area contributed by atoms with E-state index in [2.05, 4.69) is 28.3 Å². The van der Waals surface area contributed by atoms with E-state index in [9.17, 15) is 9.90 Å². The van der Waals surface area contributed by atoms with Crippen LogP contribution < -0.4 is 4.74 Å². The van der Waals surface area contributed by atoms with E-state index in [1.165, 1.54) is 4.20 Å². The average Bonchev–Trinajstić information content (AvgIpc) is 3.42. The minimum Gasteiger partial charge on any atom is -0.493 e. The molecule has 2 N–H and O–H groups in total. The molecule has 0 fully saturated rings. The van der Waals surface area contributed by atoms with Crippen LogP contribution >= 0.6 is 11.8 Å². The Morgan fingerprint density at radius 2 is 1.84 bits per heavy atom. The lowest BCUT2D eigenvalue weighted by atomic mass is 9.98. The van der Waals surface area contributed by atoms with Crippen LogP contribution in [-0.4, -0.2) is 38.6 Å². The van der Waals surface area contributed by atoms with Crippen molar-refractivity contribution >= 4 is 39.4 Å². The van der Waals surface area contributed by atoms with Gasteiger partial charge in [0.25, 0.3) is 0 Å². The van der Waals surface area contributed by atoms with Crippen LogP contribution in [0.1, 0.15) is 40.8 Å². The van der Waals surface area contributed by atoms with Crippen molar-refractivity contribution in [3.05, 3.63) is 83.3 Å². The molecule has 37 heavy (non-hydrogen) atoms. The molecule has 2 heterocycles. The zero-order valence-corrected chi connectivity index (χ0v) is 21.5. The Balaban J connectivity index is 1.47. The molecule has 2 aromatic heterocycles. The normalized spacial score (nSPS) is 11.4. The van der Waals surface area contributed by atoms with Gasteiger partial charge in [-0.25, -0.2) is 4.79 Å². The quantitative estimate of drug-likeness (QED) is 0.180. The summed E-state index contributed by atoms with van der Waals surface area (Å²) in [6, 6.07) is 20.0. The van der Waals surface area contributed by atoms with Gasteiger partial charge in [0, 0.05) is 33.7 Å². The van der Waals surface area contributed by atoms with Gasteiger partial charge in [0.15, 0.2) is 0 Å². The van der Waals surface area contributed by atoms with Gasteiger partial charge >= 0.3 is 5.97 Å². The second kappa shape index (κ2) is 10.7. The predicted octanol–water partition coefficient (Wildman–Crippen LogP) is 6.18. The van der Waals surface area contributed by atoms with Crippen molar-refractivity contribution in [1.82, 2.24) is 14.3 Å². The number of ether oxygens (including phenoxy) is 2. The van der Waals surface area contributed by atoms with E-state index < -0.39 is 5.97 Å². The van der Waals surface area contributed by atoms with E-state index in [1.54, 1.807) is 6.92 Å². The number of hydrogen-bond acceptors (Lipinski definition) is 5. The van der Waals surface area contributed by atoms with E-state index in [4.69, 9.17) is 21.3 Å². The number of para-hydroxylation sites is 1. The Morgan fingerprint density at radius 3 is 2.65 bits per heavy atom. The molecule has 0 bridgehead atoms. The molecule has 0 spiro atoms. The average molecular weight is 518 g/mol. The molecule has 0 amide bonds. The van der Waals surface area contributed by atoms with Gasteiger partial charge in [0.1, 0.15) is 11.4 Å². The Morgan fingerprint density at radius 1 is 1.08 bits per heavy atom. The molecule has 190 valence electrons. The highest BCUT2D eigenvalue weighted by atomic mass is 35.5. The van der Waals surface area contributed by atoms with E-state index in [1.807, 2.05) is 49.4 Å². The van der Waals surface area contributed by atoms with Crippen molar-refractivity contribution in [2.45, 2.75) is 33.3 Å². The van der Waals surface area contributed by atoms with Gasteiger partial charge in [0.05, 0.1) is 36.7 Å². The minimum absolute atomic E-state index is 0.264. The van der Waals surface area contributed by atoms with Gasteiger partial charge in [-0.1, -0.05) is 54.6 Å². The van der Waals surface area contributed by atoms with Crippen molar-refractivity contribution in [2.75, 3.05) is 13.2 Å². The number of carbonyl (C=O) groups is 1. The van der Waals surface area contributed by atoms with Gasteiger partial charge in [-0.2, -0.15) is 9.30 Å². The first kappa shape index (κ1) is 24.9. The summed E-state index contributed by atoms with van der Waals surface area (Å²) in [4.78, 5) is 16.2. The van der Waals surface area contributed by atoms with Gasteiger partial charge in [-0.05, 0) is 43.7 Å². The number of nitrogens with one attached hydrogen (secondary N) is 1. The summed E-state index contributed by atoms with van der Waals surface area (Å²) in [6.45, 7) is 4.13. The van der Waals surface area contributed by atoms with Crippen LogP contribution in [0.4, 0.5) is 0 Å². The van der Waals surface area contributed by atoms with Gasteiger partial charge in [-0.3, -0.25) is 0 Å². The Hall–Kier alpha value is -3.81. The van der Waals surface area contributed by atoms with E-state index >= 15 is 0 Å². The lowest BCUT2D eigenvalue weighted by molar-refractivity contribution is 0.0519. The molecular weight excluding hydrogens is 490 g/mol. The van der Waals surface area contributed by atoms with Crippen molar-refractivity contribution in [3.8, 4) is 16.9 Å². The summed E-state index contributed by atoms with van der Waals surface area (Å²) in [5.41, 5.74) is 4.81. The second-order valence-electron chi connectivity index (χ2n) is 8.78. The second-order valence-corrected chi connectivity index (χ2v) is 9.10. The van der Waals surface area contributed by atoms with Crippen molar-refractivity contribution in [2.24, 2.45) is 0 Å². The standard InChI is InChI=1S/C29H28ClN3O4/c1-3-36-29(35)28-22(14-8-16-37-25-15-6-10-19-9-4-5-11-20(19)25)21-12-7-13-23(27(21)31-28)26-18(2)32-33(30)24(26)17-34/h4-7,9-13,15,31,34H,3,8,14,16-17H2,1-2H3. The molecule has 5 aromatic rings. The number of fused-ring (bicyclic) bond motifs is 2. The minimum atomic E-state index is -0.401. The van der Waals surface area contributed by atoms with Crippen LogP contribution in [0.15, 0.2) is 60.7 Å². The number of aliphatic hydroxyl groups is 1. The third kappa shape index (κ3) is 4.68. The number of aromatic amines is 1. The van der Waals surface area contributed by atoms with Crippen LogP contribution in [0.5, 0.6) is 5.75 Å². The van der Waals surface area contributed by atoms with Crippen molar-refractivity contribution in [3.63, 3.8) is 0 Å². The maximum atomic E-state index is 12.9. The number of carbonyl (C=O) groups excluding carboxylic acids is 1. The Kier molecular flexibility index (Phi) is 7.17. The molecule has 3 aromatic carbocycles. The molecule has 0 unspecified atom stereocenters. The molecule has 0 atom stereocenters. The van der Waals surface area contributed by atoms with Crippen molar-refractivity contribution < 1.29 is 19.4 Å². The van der Waals surface area contributed by atoms with Crippen molar-refractivity contribution in [1.29, 1.82) is 0 Å². The number of nitrogens with zero attached hydrogens (tertiary/aromatic N) is 2. The number of aromatic nitrogens is 3. The van der Waals surface area contributed by atoms with Crippen LogP contribution in [0, 0.1) is 6.92 Å². The predicted molar refractivity (Wildman–Crippen MR) is 145 cm³/mol. The number of H-pyrrole nitrogens is 1. The van der Waals surface area contributed by atoms with Crippen LogP contribution in [0.25, 0.3) is 32.8 Å². The topological polar surface area (TPSA) is 89.4 Å². The number of esters is 1. The summed E-state index contributed by atoms with van der Waals surface area (Å²) < 4.78 is 12.7. The molecule has 0 saturated heterocycles. The molecule has 0 aliphatic heterocycles. The Bertz CT molecular complexity index is 1580. The fourth-order valence-corrected chi connectivity index (χ4v) is 5.15. The highest BCUT2D eigenvalue weighted by Gasteiger charge is 2.23. The first-order chi connectivity index (χ1) is 18.0. The summed E-state index contributed by atoms with van der Waals surface area (Å²) in [5, 5.41) is 17.3. The largest absolute Gasteiger partial charge is 0.493 e. The first-order valence-corrected chi connectivity index (χ1v) is 12.6. The maximum Gasteiger partial charge on any atom is 0.355 e. The molecule has 0 aliphatic carbocycles. The highest BCUT2D eigenvalue weighted by Crippen LogP contribution is 2.36. The summed E-state index contributed by atoms with van der Waals surface area (Å²) >= 11 is 6.20. The van der Waals surface area contributed by atoms with Gasteiger partial charge in [-0.15, -0.1) is 0 Å². The molecule has 5 rings (SSSR count). The number of aliphatic hydroxyl groups excluding tert-OH is 1. The molecule has 0 saturated carbocycles. The zero-order chi connectivity index (χ0) is 25.9. The van der Waals surface area contributed by atoms with E-state index in [0.717, 1.165) is 44.1 Å². The van der Waals surface area contributed by atoms with Crippen LogP contribution in [0.3, 0.4) is 0 Å². The fourth-order valence-electron chi connectivity index (χ4n) is 4.90. The number of benzene rings is 3. The lowest BCUT2D eigenvalue weighted by Gasteiger charge is -2.10. The number of hydrogen-bond donors (Lipinski definition) is 2. The smallest absolute Gasteiger partial charge is 0.355 e. The third-order valence-corrected chi connectivity index (χ3v) is 6.81. The molecular formula is C29H28ClN3O4. The molecule has 8 heteroatoms. The SMILES string of the molecule is CCOC(=O)c1[nH]c2c(-c3c(C)nn(Cl)c3CO)cccc2c1CCCOc1cccc2ccccc12.